The number of nitrogens with two attached hydrogens (primary N) is 1. The van der Waals surface area contributed by atoms with E-state index >= 15 is 0 Å². The first-order valence-corrected chi connectivity index (χ1v) is 4.76. The Kier molecular flexibility index (Phi) is 6.34. The van der Waals surface area contributed by atoms with Gasteiger partial charge in [0.2, 0.25) is 0 Å². The molecule has 1 atom stereocenters. The Balaban J connectivity index is 0.00000169. The van der Waals surface area contributed by atoms with Crippen LogP contribution >= 0.6 is 12.4 Å². The molecular weight excluding hydrogens is 198 g/mol. The van der Waals surface area contributed by atoms with Gasteiger partial charge in [-0.15, -0.1) is 12.4 Å². The van der Waals surface area contributed by atoms with Crippen LogP contribution in [0.2, 0.25) is 0 Å². The minimum atomic E-state index is 0. The molecule has 0 bridgehead atoms. The maximum absolute atomic E-state index is 5.90. The Hall–Kier alpha value is -0.730. The van der Waals surface area contributed by atoms with Crippen molar-refractivity contribution < 1.29 is 4.74 Å². The topological polar surface area (TPSA) is 35.2 Å². The Morgan fingerprint density at radius 1 is 1.36 bits per heavy atom. The lowest BCUT2D eigenvalue weighted by Gasteiger charge is -2.10. The zero-order chi connectivity index (χ0) is 9.68. The van der Waals surface area contributed by atoms with Crippen LogP contribution in [-0.4, -0.2) is 6.61 Å². The highest BCUT2D eigenvalue weighted by molar-refractivity contribution is 5.85. The molecule has 0 unspecified atom stereocenters. The highest BCUT2D eigenvalue weighted by Crippen LogP contribution is 2.19. The van der Waals surface area contributed by atoms with E-state index in [1.165, 1.54) is 0 Å². The van der Waals surface area contributed by atoms with Gasteiger partial charge in [0.05, 0.1) is 6.61 Å². The van der Waals surface area contributed by atoms with Crippen molar-refractivity contribution in [2.24, 2.45) is 5.73 Å². The van der Waals surface area contributed by atoms with Crippen molar-refractivity contribution in [2.75, 3.05) is 6.61 Å². The molecule has 0 aliphatic carbocycles. The molecule has 0 saturated heterocycles. The molecule has 0 aliphatic rings. The number of hydrogen-bond donors (Lipinski definition) is 1. The summed E-state index contributed by atoms with van der Waals surface area (Å²) in [6.45, 7) is 4.76. The summed E-state index contributed by atoms with van der Waals surface area (Å²) >= 11 is 0. The quantitative estimate of drug-likeness (QED) is 0.838. The first kappa shape index (κ1) is 13.3. The second-order valence-electron chi connectivity index (χ2n) is 3.02. The highest BCUT2D eigenvalue weighted by atomic mass is 35.5. The third kappa shape index (κ3) is 3.56. The third-order valence-electron chi connectivity index (χ3n) is 2.04. The first-order valence-electron chi connectivity index (χ1n) is 4.76. The Labute approximate surface area is 91.9 Å². The maximum atomic E-state index is 5.90. The van der Waals surface area contributed by atoms with Gasteiger partial charge >= 0.3 is 0 Å². The molecule has 80 valence electrons. The van der Waals surface area contributed by atoms with E-state index < -0.39 is 0 Å². The minimum absolute atomic E-state index is 0. The molecule has 0 saturated carbocycles. The summed E-state index contributed by atoms with van der Waals surface area (Å²) in [4.78, 5) is 0. The van der Waals surface area contributed by atoms with E-state index in [-0.39, 0.29) is 18.4 Å². The summed E-state index contributed by atoms with van der Waals surface area (Å²) in [6, 6.07) is 8.11. The summed E-state index contributed by atoms with van der Waals surface area (Å²) in [7, 11) is 0. The maximum Gasteiger partial charge on any atom is 0.119 e. The summed E-state index contributed by atoms with van der Waals surface area (Å²) in [5.41, 5.74) is 7.05. The van der Waals surface area contributed by atoms with Gasteiger partial charge in [0.15, 0.2) is 0 Å². The van der Waals surface area contributed by atoms with E-state index in [1.807, 2.05) is 31.2 Å². The van der Waals surface area contributed by atoms with Gasteiger partial charge in [0, 0.05) is 6.04 Å². The second kappa shape index (κ2) is 6.68. The lowest BCUT2D eigenvalue weighted by Crippen LogP contribution is -2.08. The van der Waals surface area contributed by atoms with Crippen LogP contribution in [0.5, 0.6) is 5.75 Å². The second-order valence-corrected chi connectivity index (χ2v) is 3.02. The van der Waals surface area contributed by atoms with E-state index in [0.717, 1.165) is 17.7 Å². The van der Waals surface area contributed by atoms with E-state index in [2.05, 4.69) is 6.92 Å². The van der Waals surface area contributed by atoms with Crippen molar-refractivity contribution in [1.29, 1.82) is 0 Å². The molecule has 1 aromatic carbocycles. The monoisotopic (exact) mass is 215 g/mol. The molecule has 0 radical (unpaired) electrons. The van der Waals surface area contributed by atoms with Gasteiger partial charge in [-0.1, -0.05) is 19.1 Å². The van der Waals surface area contributed by atoms with Crippen molar-refractivity contribution >= 4 is 12.4 Å². The molecule has 14 heavy (non-hydrogen) atoms. The highest BCUT2D eigenvalue weighted by Gasteiger charge is 2.03. The van der Waals surface area contributed by atoms with Gasteiger partial charge in [-0.25, -0.2) is 0 Å². The average molecular weight is 216 g/mol. The zero-order valence-corrected chi connectivity index (χ0v) is 9.51. The molecule has 0 heterocycles. The molecule has 0 aromatic heterocycles. The van der Waals surface area contributed by atoms with E-state index in [1.54, 1.807) is 0 Å². The molecule has 0 aliphatic heterocycles. The fraction of sp³-hybridized carbons (Fsp3) is 0.455. The third-order valence-corrected chi connectivity index (χ3v) is 2.04. The van der Waals surface area contributed by atoms with Gasteiger partial charge < -0.3 is 10.5 Å². The normalized spacial score (nSPS) is 11.6. The summed E-state index contributed by atoms with van der Waals surface area (Å²) in [5.74, 6) is 0.906. The van der Waals surface area contributed by atoms with Crippen LogP contribution < -0.4 is 10.5 Å². The van der Waals surface area contributed by atoms with Crippen molar-refractivity contribution in [1.82, 2.24) is 0 Å². The molecule has 0 amide bonds. The van der Waals surface area contributed by atoms with E-state index in [9.17, 15) is 0 Å². The predicted molar refractivity (Wildman–Crippen MR) is 62.1 cm³/mol. The summed E-state index contributed by atoms with van der Waals surface area (Å²) in [5, 5.41) is 0. The number of rotatable bonds is 4. The molecule has 0 spiro atoms. The van der Waals surface area contributed by atoms with Crippen LogP contribution in [0.15, 0.2) is 24.3 Å². The van der Waals surface area contributed by atoms with Gasteiger partial charge in [-0.05, 0) is 31.0 Å². The standard InChI is InChI=1S/C11H17NO.ClH/c1-3-11(12)9-6-5-7-10(8-9)13-4-2;/h5-8,11H,3-4,12H2,1-2H3;1H/t11-;/m0./s1. The average Bonchev–Trinajstić information content (AvgIpc) is 2.18. The minimum Gasteiger partial charge on any atom is -0.494 e. The van der Waals surface area contributed by atoms with E-state index in [4.69, 9.17) is 10.5 Å². The van der Waals surface area contributed by atoms with Crippen molar-refractivity contribution in [3.63, 3.8) is 0 Å². The van der Waals surface area contributed by atoms with Crippen molar-refractivity contribution in [2.45, 2.75) is 26.3 Å². The Morgan fingerprint density at radius 2 is 2.07 bits per heavy atom. The lowest BCUT2D eigenvalue weighted by molar-refractivity contribution is 0.339. The molecular formula is C11H18ClNO. The van der Waals surface area contributed by atoms with E-state index in [0.29, 0.717) is 6.61 Å². The largest absolute Gasteiger partial charge is 0.494 e. The first-order chi connectivity index (χ1) is 6.27. The van der Waals surface area contributed by atoms with Crippen LogP contribution in [0.1, 0.15) is 31.9 Å². The van der Waals surface area contributed by atoms with Crippen LogP contribution in [0.4, 0.5) is 0 Å². The van der Waals surface area contributed by atoms with Crippen LogP contribution in [0, 0.1) is 0 Å². The number of benzene rings is 1. The molecule has 2 N–H and O–H groups in total. The smallest absolute Gasteiger partial charge is 0.119 e. The van der Waals surface area contributed by atoms with Gasteiger partial charge in [-0.3, -0.25) is 0 Å². The van der Waals surface area contributed by atoms with Crippen LogP contribution in [0.25, 0.3) is 0 Å². The SMILES string of the molecule is CCOc1cccc([C@@H](N)CC)c1.Cl. The lowest BCUT2D eigenvalue weighted by atomic mass is 10.1. The predicted octanol–water partition coefficient (Wildman–Crippen LogP) is 2.92. The van der Waals surface area contributed by atoms with Gasteiger partial charge in [0.25, 0.3) is 0 Å². The molecule has 1 rings (SSSR count). The number of ether oxygens (including phenoxy) is 1. The Bertz CT molecular complexity index is 265. The van der Waals surface area contributed by atoms with Crippen molar-refractivity contribution in [3.05, 3.63) is 29.8 Å². The molecule has 3 heteroatoms. The fourth-order valence-electron chi connectivity index (χ4n) is 1.24. The molecule has 0 fully saturated rings. The Morgan fingerprint density at radius 3 is 2.64 bits per heavy atom. The number of halogens is 1. The summed E-state index contributed by atoms with van der Waals surface area (Å²) in [6.07, 6.45) is 0.954. The van der Waals surface area contributed by atoms with Gasteiger partial charge in [0.1, 0.15) is 5.75 Å². The number of hydrogen-bond acceptors (Lipinski definition) is 2. The summed E-state index contributed by atoms with van der Waals surface area (Å²) < 4.78 is 5.39. The van der Waals surface area contributed by atoms with Gasteiger partial charge in [-0.2, -0.15) is 0 Å². The zero-order valence-electron chi connectivity index (χ0n) is 8.69. The fourth-order valence-corrected chi connectivity index (χ4v) is 1.24. The molecule has 1 aromatic rings. The van der Waals surface area contributed by atoms with Crippen LogP contribution in [-0.2, 0) is 0 Å². The molecule has 2 nitrogen and oxygen atoms in total. The van der Waals surface area contributed by atoms with Crippen LogP contribution in [0.3, 0.4) is 0 Å². The van der Waals surface area contributed by atoms with Crippen molar-refractivity contribution in [3.8, 4) is 5.75 Å².